The lowest BCUT2D eigenvalue weighted by molar-refractivity contribution is 0.102. The summed E-state index contributed by atoms with van der Waals surface area (Å²) in [7, 11) is -2.11. The van der Waals surface area contributed by atoms with E-state index in [1.54, 1.807) is 18.2 Å². The van der Waals surface area contributed by atoms with Gasteiger partial charge in [0.1, 0.15) is 5.75 Å². The molecule has 2 aromatic carbocycles. The van der Waals surface area contributed by atoms with E-state index in [9.17, 15) is 13.2 Å². The van der Waals surface area contributed by atoms with Crippen LogP contribution in [0.25, 0.3) is 0 Å². The number of ether oxygens (including phenoxy) is 1. The van der Waals surface area contributed by atoms with E-state index in [4.69, 9.17) is 4.74 Å². The number of hydrogen-bond donors (Lipinski definition) is 1. The molecule has 150 valence electrons. The smallest absolute Gasteiger partial charge is 0.255 e. The van der Waals surface area contributed by atoms with E-state index in [2.05, 4.69) is 5.32 Å². The molecule has 1 aliphatic heterocycles. The van der Waals surface area contributed by atoms with Crippen molar-refractivity contribution >= 4 is 21.6 Å². The molecular weight excluding hydrogens is 376 g/mol. The molecule has 0 bridgehead atoms. The monoisotopic (exact) mass is 402 g/mol. The van der Waals surface area contributed by atoms with Crippen molar-refractivity contribution in [1.82, 2.24) is 4.31 Å². The van der Waals surface area contributed by atoms with Crippen LogP contribution in [0.15, 0.2) is 41.3 Å². The van der Waals surface area contributed by atoms with Crippen LogP contribution in [0.1, 0.15) is 40.7 Å². The van der Waals surface area contributed by atoms with E-state index in [-0.39, 0.29) is 10.8 Å². The summed E-state index contributed by atoms with van der Waals surface area (Å²) in [5, 5.41) is 2.80. The molecule has 3 rings (SSSR count). The Kier molecular flexibility index (Phi) is 6.05. The van der Waals surface area contributed by atoms with Crippen molar-refractivity contribution < 1.29 is 17.9 Å². The van der Waals surface area contributed by atoms with Crippen molar-refractivity contribution in [2.75, 3.05) is 25.5 Å². The molecular formula is C21H26N2O4S. The number of piperidine rings is 1. The maximum absolute atomic E-state index is 13.0. The van der Waals surface area contributed by atoms with Gasteiger partial charge in [-0.15, -0.1) is 0 Å². The number of hydrogen-bond acceptors (Lipinski definition) is 4. The first-order valence-corrected chi connectivity index (χ1v) is 10.8. The number of benzene rings is 2. The van der Waals surface area contributed by atoms with Gasteiger partial charge in [0.15, 0.2) is 0 Å². The second-order valence-corrected chi connectivity index (χ2v) is 9.10. The van der Waals surface area contributed by atoms with Crippen molar-refractivity contribution in [3.05, 3.63) is 53.1 Å². The number of amides is 1. The van der Waals surface area contributed by atoms with Gasteiger partial charge in [0.05, 0.1) is 17.7 Å². The summed E-state index contributed by atoms with van der Waals surface area (Å²) in [6.45, 7) is 4.91. The fourth-order valence-corrected chi connectivity index (χ4v) is 5.04. The molecule has 1 heterocycles. The SMILES string of the molecule is COc1ccc(S(=O)(=O)N2CCCCC2)cc1NC(=O)c1cc(C)cc(C)c1. The minimum atomic E-state index is -3.60. The Morgan fingerprint density at radius 2 is 1.64 bits per heavy atom. The van der Waals surface area contributed by atoms with Crippen molar-refractivity contribution in [3.63, 3.8) is 0 Å². The van der Waals surface area contributed by atoms with Crippen LogP contribution in [0.4, 0.5) is 5.69 Å². The second kappa shape index (κ2) is 8.32. The van der Waals surface area contributed by atoms with Gasteiger partial charge in [-0.25, -0.2) is 8.42 Å². The number of methoxy groups -OCH3 is 1. The zero-order chi connectivity index (χ0) is 20.3. The van der Waals surface area contributed by atoms with Gasteiger partial charge in [-0.2, -0.15) is 4.31 Å². The highest BCUT2D eigenvalue weighted by Gasteiger charge is 2.27. The maximum atomic E-state index is 13.0. The summed E-state index contributed by atoms with van der Waals surface area (Å²) in [6.07, 6.45) is 2.78. The van der Waals surface area contributed by atoms with Crippen LogP contribution in [0.2, 0.25) is 0 Å². The zero-order valence-corrected chi connectivity index (χ0v) is 17.3. The molecule has 7 heteroatoms. The van der Waals surface area contributed by atoms with E-state index < -0.39 is 10.0 Å². The molecule has 0 aromatic heterocycles. The molecule has 28 heavy (non-hydrogen) atoms. The fourth-order valence-electron chi connectivity index (χ4n) is 3.50. The molecule has 1 fully saturated rings. The largest absolute Gasteiger partial charge is 0.495 e. The Labute approximate surface area is 166 Å². The van der Waals surface area contributed by atoms with Gasteiger partial charge in [0.2, 0.25) is 10.0 Å². The number of sulfonamides is 1. The van der Waals surface area contributed by atoms with Crippen molar-refractivity contribution in [2.24, 2.45) is 0 Å². The number of aryl methyl sites for hydroxylation is 2. The Bertz CT molecular complexity index is 960. The first-order chi connectivity index (χ1) is 13.3. The van der Waals surface area contributed by atoms with Crippen molar-refractivity contribution in [1.29, 1.82) is 0 Å². The van der Waals surface area contributed by atoms with E-state index >= 15 is 0 Å². The maximum Gasteiger partial charge on any atom is 0.255 e. The van der Waals surface area contributed by atoms with Crippen LogP contribution in [-0.2, 0) is 10.0 Å². The van der Waals surface area contributed by atoms with E-state index in [1.165, 1.54) is 23.5 Å². The van der Waals surface area contributed by atoms with Gasteiger partial charge in [0, 0.05) is 18.7 Å². The number of rotatable bonds is 5. The fraction of sp³-hybridized carbons (Fsp3) is 0.381. The van der Waals surface area contributed by atoms with Crippen molar-refractivity contribution in [3.8, 4) is 5.75 Å². The molecule has 0 unspecified atom stereocenters. The highest BCUT2D eigenvalue weighted by atomic mass is 32.2. The molecule has 0 saturated carbocycles. The van der Waals surface area contributed by atoms with Crippen molar-refractivity contribution in [2.45, 2.75) is 38.0 Å². The first-order valence-electron chi connectivity index (χ1n) is 9.39. The third-order valence-electron chi connectivity index (χ3n) is 4.86. The molecule has 0 atom stereocenters. The summed E-state index contributed by atoms with van der Waals surface area (Å²) in [5.41, 5.74) is 2.82. The minimum absolute atomic E-state index is 0.158. The lowest BCUT2D eigenvalue weighted by Crippen LogP contribution is -2.35. The molecule has 0 aliphatic carbocycles. The van der Waals surface area contributed by atoms with Crippen LogP contribution in [0.5, 0.6) is 5.75 Å². The quantitative estimate of drug-likeness (QED) is 0.827. The van der Waals surface area contributed by atoms with Crippen LogP contribution in [0, 0.1) is 13.8 Å². The highest BCUT2D eigenvalue weighted by molar-refractivity contribution is 7.89. The Hall–Kier alpha value is -2.38. The molecule has 1 saturated heterocycles. The molecule has 0 spiro atoms. The van der Waals surface area contributed by atoms with E-state index in [0.29, 0.717) is 30.1 Å². The van der Waals surface area contributed by atoms with Gasteiger partial charge >= 0.3 is 0 Å². The summed E-state index contributed by atoms with van der Waals surface area (Å²) in [4.78, 5) is 12.9. The van der Waals surface area contributed by atoms with E-state index in [1.807, 2.05) is 19.9 Å². The van der Waals surface area contributed by atoms with Gasteiger partial charge in [-0.3, -0.25) is 4.79 Å². The van der Waals surface area contributed by atoms with Crippen LogP contribution < -0.4 is 10.1 Å². The average molecular weight is 403 g/mol. The number of nitrogens with zero attached hydrogens (tertiary/aromatic N) is 1. The zero-order valence-electron chi connectivity index (χ0n) is 16.5. The predicted molar refractivity (Wildman–Crippen MR) is 109 cm³/mol. The Morgan fingerprint density at radius 3 is 2.25 bits per heavy atom. The van der Waals surface area contributed by atoms with Gasteiger partial charge < -0.3 is 10.1 Å². The van der Waals surface area contributed by atoms with Gasteiger partial charge in [-0.1, -0.05) is 23.6 Å². The summed E-state index contributed by atoms with van der Waals surface area (Å²) < 4.78 is 32.7. The Morgan fingerprint density at radius 1 is 1.00 bits per heavy atom. The standard InChI is InChI=1S/C21H26N2O4S/c1-15-11-16(2)13-17(12-15)21(24)22-19-14-18(7-8-20(19)27-3)28(25,26)23-9-5-4-6-10-23/h7-8,11-14H,4-6,9-10H2,1-3H3,(H,22,24). The van der Waals surface area contributed by atoms with Crippen LogP contribution >= 0.6 is 0 Å². The van der Waals surface area contributed by atoms with Gasteiger partial charge in [-0.05, 0) is 57.0 Å². The first kappa shape index (κ1) is 20.4. The molecule has 2 aromatic rings. The summed E-state index contributed by atoms with van der Waals surface area (Å²) in [5.74, 6) is 0.105. The normalized spacial score (nSPS) is 15.2. The number of anilines is 1. The molecule has 1 amide bonds. The minimum Gasteiger partial charge on any atom is -0.495 e. The summed E-state index contributed by atoms with van der Waals surface area (Å²) in [6, 6.07) is 10.2. The Balaban J connectivity index is 1.92. The molecule has 1 N–H and O–H groups in total. The third kappa shape index (κ3) is 4.36. The lowest BCUT2D eigenvalue weighted by atomic mass is 10.1. The third-order valence-corrected chi connectivity index (χ3v) is 6.75. The predicted octanol–water partition coefficient (Wildman–Crippen LogP) is 3.74. The number of carbonyl (C=O) groups excluding carboxylic acids is 1. The topological polar surface area (TPSA) is 75.7 Å². The number of nitrogens with one attached hydrogen (secondary N) is 1. The van der Waals surface area contributed by atoms with Crippen LogP contribution in [-0.4, -0.2) is 38.8 Å². The lowest BCUT2D eigenvalue weighted by Gasteiger charge is -2.26. The molecule has 1 aliphatic rings. The molecule has 0 radical (unpaired) electrons. The molecule has 6 nitrogen and oxygen atoms in total. The average Bonchev–Trinajstić information content (AvgIpc) is 2.67. The van der Waals surface area contributed by atoms with Gasteiger partial charge in [0.25, 0.3) is 5.91 Å². The number of carbonyl (C=O) groups is 1. The van der Waals surface area contributed by atoms with Crippen LogP contribution in [0.3, 0.4) is 0 Å². The summed E-state index contributed by atoms with van der Waals surface area (Å²) >= 11 is 0. The second-order valence-electron chi connectivity index (χ2n) is 7.16. The highest BCUT2D eigenvalue weighted by Crippen LogP contribution is 2.30. The van der Waals surface area contributed by atoms with E-state index in [0.717, 1.165) is 30.4 Å².